The van der Waals surface area contributed by atoms with Gasteiger partial charge in [0.1, 0.15) is 11.5 Å². The summed E-state index contributed by atoms with van der Waals surface area (Å²) in [4.78, 5) is 31.3. The summed E-state index contributed by atoms with van der Waals surface area (Å²) in [6, 6.07) is 14.2. The Morgan fingerprint density at radius 3 is 2.09 bits per heavy atom. The minimum absolute atomic E-state index is 0.0105. The molecule has 1 saturated heterocycles. The SMILES string of the molecule is Cc1oc(-c2ccccc2)nc1C(CCc1ccc(CC=C2SC(=O)NC2=O)s1)(O[SiH](C)C(C)(C)C)O[SiH](C)C(C)(C)C. The molecule has 3 aromatic rings. The molecule has 1 aliphatic rings. The van der Waals surface area contributed by atoms with Crippen molar-refractivity contribution in [3.8, 4) is 11.5 Å². The van der Waals surface area contributed by atoms with Crippen LogP contribution in [0.1, 0.15) is 69.2 Å². The molecule has 2 aromatic heterocycles. The van der Waals surface area contributed by atoms with Gasteiger partial charge in [0.15, 0.2) is 23.9 Å². The first kappa shape index (κ1) is 33.6. The van der Waals surface area contributed by atoms with Gasteiger partial charge in [-0.15, -0.1) is 11.3 Å². The molecule has 4 rings (SSSR count). The second-order valence-electron chi connectivity index (χ2n) is 13.3. The normalized spacial score (nSPS) is 18.1. The molecule has 0 saturated carbocycles. The molecule has 0 bridgehead atoms. The van der Waals surface area contributed by atoms with E-state index >= 15 is 0 Å². The van der Waals surface area contributed by atoms with E-state index in [4.69, 9.17) is 18.3 Å². The van der Waals surface area contributed by atoms with Gasteiger partial charge in [0.25, 0.3) is 11.1 Å². The Labute approximate surface area is 267 Å². The third-order valence-corrected chi connectivity index (χ3v) is 16.3. The first-order chi connectivity index (χ1) is 20.1. The highest BCUT2D eigenvalue weighted by atomic mass is 32.2. The molecule has 1 aliphatic heterocycles. The van der Waals surface area contributed by atoms with E-state index in [1.165, 1.54) is 4.88 Å². The number of hydrogen-bond acceptors (Lipinski definition) is 8. The summed E-state index contributed by atoms with van der Waals surface area (Å²) in [5.41, 5.74) is 1.65. The molecule has 1 fully saturated rings. The summed E-state index contributed by atoms with van der Waals surface area (Å²) < 4.78 is 20.7. The maximum absolute atomic E-state index is 11.9. The van der Waals surface area contributed by atoms with Crippen LogP contribution in [0.25, 0.3) is 11.5 Å². The van der Waals surface area contributed by atoms with E-state index < -0.39 is 23.9 Å². The topological polar surface area (TPSA) is 90.7 Å². The van der Waals surface area contributed by atoms with Crippen molar-refractivity contribution in [1.29, 1.82) is 0 Å². The van der Waals surface area contributed by atoms with Crippen LogP contribution in [0, 0.1) is 6.92 Å². The van der Waals surface area contributed by atoms with Crippen LogP contribution < -0.4 is 5.32 Å². The standard InChI is InChI=1S/C32H44N2O5S2Si2/c1-21-26(33-28(37-21)22-13-11-10-12-14-22)32(38-42(8)30(2,3)4,39-43(9)31(5,6)7)20-19-24-16-15-23(40-24)17-18-25-27(35)34-29(36)41-25/h10-16,18,42-43H,17,19-20H2,1-9H3,(H,34,35,36). The number of nitrogens with one attached hydrogen (secondary N) is 1. The zero-order valence-corrected chi connectivity index (χ0v) is 30.6. The third kappa shape index (κ3) is 8.46. The molecule has 2 unspecified atom stereocenters. The number of hydrogen-bond donors (Lipinski definition) is 1. The Kier molecular flexibility index (Phi) is 10.5. The molecule has 0 radical (unpaired) electrons. The zero-order chi connectivity index (χ0) is 31.6. The van der Waals surface area contributed by atoms with E-state index in [-0.39, 0.29) is 21.2 Å². The minimum atomic E-state index is -1.80. The maximum Gasteiger partial charge on any atom is 0.290 e. The number of allylic oxidation sites excluding steroid dienone is 1. The fraction of sp³-hybridized carbons (Fsp3) is 0.469. The van der Waals surface area contributed by atoms with E-state index in [9.17, 15) is 9.59 Å². The van der Waals surface area contributed by atoms with Gasteiger partial charge in [-0.05, 0) is 72.5 Å². The van der Waals surface area contributed by atoms with Crippen molar-refractivity contribution in [2.45, 2.75) is 96.7 Å². The van der Waals surface area contributed by atoms with Crippen LogP contribution in [0.3, 0.4) is 0 Å². The molecule has 2 amide bonds. The third-order valence-electron chi connectivity index (χ3n) is 7.90. The number of nitrogens with zero attached hydrogens (tertiary/aromatic N) is 1. The van der Waals surface area contributed by atoms with E-state index in [2.05, 4.69) is 72.1 Å². The van der Waals surface area contributed by atoms with Crippen LogP contribution in [-0.2, 0) is 32.3 Å². The van der Waals surface area contributed by atoms with Gasteiger partial charge in [-0.2, -0.15) is 0 Å². The first-order valence-corrected chi connectivity index (χ1v) is 20.8. The number of aryl methyl sites for hydroxylation is 2. The fourth-order valence-corrected chi connectivity index (χ4v) is 8.53. The van der Waals surface area contributed by atoms with Gasteiger partial charge in [-0.25, -0.2) is 4.98 Å². The predicted molar refractivity (Wildman–Crippen MR) is 182 cm³/mol. The van der Waals surface area contributed by atoms with E-state index in [0.29, 0.717) is 29.4 Å². The van der Waals surface area contributed by atoms with Crippen LogP contribution in [0.2, 0.25) is 23.2 Å². The smallest absolute Gasteiger partial charge is 0.290 e. The molecule has 11 heteroatoms. The highest BCUT2D eigenvalue weighted by molar-refractivity contribution is 8.18. The molecule has 232 valence electrons. The summed E-state index contributed by atoms with van der Waals surface area (Å²) in [5.74, 6) is -0.0789. The lowest BCUT2D eigenvalue weighted by atomic mass is 10.1. The van der Waals surface area contributed by atoms with Gasteiger partial charge in [-0.1, -0.05) is 65.8 Å². The minimum Gasteiger partial charge on any atom is -0.441 e. The zero-order valence-electron chi connectivity index (χ0n) is 26.7. The van der Waals surface area contributed by atoms with Crippen LogP contribution in [0.15, 0.2) is 57.9 Å². The number of amides is 2. The molecule has 43 heavy (non-hydrogen) atoms. The molecule has 0 aliphatic carbocycles. The van der Waals surface area contributed by atoms with Crippen LogP contribution in [0.4, 0.5) is 4.79 Å². The Morgan fingerprint density at radius 1 is 0.930 bits per heavy atom. The Morgan fingerprint density at radius 2 is 1.53 bits per heavy atom. The molecule has 1 aromatic carbocycles. The summed E-state index contributed by atoms with van der Waals surface area (Å²) in [6.07, 6.45) is 3.76. The molecule has 2 atom stereocenters. The lowest BCUT2D eigenvalue weighted by Gasteiger charge is -2.43. The van der Waals surface area contributed by atoms with E-state index in [0.717, 1.165) is 34.3 Å². The van der Waals surface area contributed by atoms with E-state index in [1.807, 2.05) is 43.3 Å². The molecule has 1 N–H and O–H groups in total. The van der Waals surface area contributed by atoms with Crippen LogP contribution in [-0.4, -0.2) is 34.2 Å². The van der Waals surface area contributed by atoms with Gasteiger partial charge in [-0.3, -0.25) is 14.9 Å². The number of imide groups is 1. The van der Waals surface area contributed by atoms with E-state index in [1.54, 1.807) is 11.3 Å². The highest BCUT2D eigenvalue weighted by Crippen LogP contribution is 2.44. The van der Waals surface area contributed by atoms with Crippen molar-refractivity contribution < 1.29 is 22.9 Å². The lowest BCUT2D eigenvalue weighted by Crippen LogP contribution is -2.47. The monoisotopic (exact) mass is 656 g/mol. The summed E-state index contributed by atoms with van der Waals surface area (Å²) in [5, 5.41) is 2.02. The van der Waals surface area contributed by atoms with Crippen molar-refractivity contribution in [3.63, 3.8) is 0 Å². The fourth-order valence-electron chi connectivity index (χ4n) is 4.36. The second kappa shape index (κ2) is 13.4. The second-order valence-corrected chi connectivity index (χ2v) is 22.1. The quantitative estimate of drug-likeness (QED) is 0.126. The van der Waals surface area contributed by atoms with Gasteiger partial charge in [0.2, 0.25) is 5.89 Å². The number of rotatable bonds is 11. The largest absolute Gasteiger partial charge is 0.441 e. The number of carbonyl (C=O) groups is 2. The average molecular weight is 657 g/mol. The van der Waals surface area contributed by atoms with Gasteiger partial charge >= 0.3 is 0 Å². The van der Waals surface area contributed by atoms with Gasteiger partial charge in [0.05, 0.1) is 4.91 Å². The summed E-state index contributed by atoms with van der Waals surface area (Å²) in [7, 11) is -3.59. The van der Waals surface area contributed by atoms with Gasteiger partial charge in [0, 0.05) is 28.2 Å². The number of thiophene rings is 1. The molecular formula is C32H44N2O5S2Si2. The van der Waals surface area contributed by atoms with Crippen molar-refractivity contribution in [2.75, 3.05) is 0 Å². The summed E-state index contributed by atoms with van der Waals surface area (Å²) >= 11 is 2.66. The predicted octanol–water partition coefficient (Wildman–Crippen LogP) is 8.25. The molecule has 0 spiro atoms. The maximum atomic E-state index is 11.9. The van der Waals surface area contributed by atoms with Crippen molar-refractivity contribution in [1.82, 2.24) is 10.3 Å². The molecule has 7 nitrogen and oxygen atoms in total. The van der Waals surface area contributed by atoms with Gasteiger partial charge < -0.3 is 13.3 Å². The van der Waals surface area contributed by atoms with Crippen molar-refractivity contribution in [3.05, 3.63) is 74.7 Å². The number of oxazole rings is 1. The Bertz CT molecular complexity index is 1450. The molecule has 3 heterocycles. The van der Waals surface area contributed by atoms with Crippen LogP contribution in [0.5, 0.6) is 0 Å². The Hall–Kier alpha value is -2.29. The van der Waals surface area contributed by atoms with Crippen molar-refractivity contribution >= 4 is 52.3 Å². The average Bonchev–Trinajstić information content (AvgIpc) is 3.63. The molecular weight excluding hydrogens is 613 g/mol. The number of thioether (sulfide) groups is 1. The van der Waals surface area contributed by atoms with Crippen LogP contribution >= 0.6 is 23.1 Å². The Balaban J connectivity index is 1.70. The first-order valence-electron chi connectivity index (χ1n) is 14.8. The number of aromatic nitrogens is 1. The lowest BCUT2D eigenvalue weighted by molar-refractivity contribution is -0.142. The van der Waals surface area contributed by atoms with Crippen molar-refractivity contribution in [2.24, 2.45) is 0 Å². The number of carbonyl (C=O) groups excluding carboxylic acids is 2. The number of benzene rings is 1. The summed E-state index contributed by atoms with van der Waals surface area (Å²) in [6.45, 7) is 19.9. The highest BCUT2D eigenvalue weighted by Gasteiger charge is 2.46.